The van der Waals surface area contributed by atoms with Gasteiger partial charge in [-0.1, -0.05) is 22.0 Å². The second kappa shape index (κ2) is 6.49. The van der Waals surface area contributed by atoms with Crippen LogP contribution in [0.2, 0.25) is 0 Å². The molecule has 0 fully saturated rings. The zero-order chi connectivity index (χ0) is 15.4. The lowest BCUT2D eigenvalue weighted by atomic mass is 10.1. The highest BCUT2D eigenvalue weighted by Gasteiger charge is 2.13. The molecule has 0 aliphatic heterocycles. The molecule has 0 unspecified atom stereocenters. The Hall–Kier alpha value is -2.21. The fraction of sp³-hybridized carbons (Fsp3) is 0.0667. The summed E-state index contributed by atoms with van der Waals surface area (Å²) in [5.74, 6) is -1.46. The Kier molecular flexibility index (Phi) is 4.70. The molecule has 0 saturated heterocycles. The quantitative estimate of drug-likeness (QED) is 0.892. The third-order valence-corrected chi connectivity index (χ3v) is 3.28. The molecule has 4 nitrogen and oxygen atoms in total. The monoisotopic (exact) mass is 350 g/mol. The Morgan fingerprint density at radius 1 is 1.10 bits per heavy atom. The van der Waals surface area contributed by atoms with Gasteiger partial charge in [0.25, 0.3) is 11.8 Å². The number of carbonyl (C=O) groups excluding carboxylic acids is 2. The van der Waals surface area contributed by atoms with Gasteiger partial charge in [-0.3, -0.25) is 9.59 Å². The van der Waals surface area contributed by atoms with E-state index in [1.165, 1.54) is 25.2 Å². The summed E-state index contributed by atoms with van der Waals surface area (Å²) in [5, 5.41) is 5.06. The second-order valence-electron chi connectivity index (χ2n) is 4.24. The van der Waals surface area contributed by atoms with Crippen LogP contribution in [0.15, 0.2) is 46.9 Å². The number of nitrogens with one attached hydrogen (secondary N) is 2. The lowest BCUT2D eigenvalue weighted by Gasteiger charge is -2.08. The van der Waals surface area contributed by atoms with Gasteiger partial charge in [0.2, 0.25) is 0 Å². The molecule has 6 heteroatoms. The van der Waals surface area contributed by atoms with E-state index >= 15 is 0 Å². The van der Waals surface area contributed by atoms with Gasteiger partial charge in [0.05, 0.1) is 5.56 Å². The van der Waals surface area contributed by atoms with Gasteiger partial charge in [-0.15, -0.1) is 0 Å². The third kappa shape index (κ3) is 3.66. The van der Waals surface area contributed by atoms with E-state index in [9.17, 15) is 14.0 Å². The highest BCUT2D eigenvalue weighted by Crippen LogP contribution is 2.17. The standard InChI is InChI=1S/C15H12BrFN2O2/c1-18-14(20)9-3-2-4-11(7-9)19-15(21)12-6-5-10(16)8-13(12)17/h2-8H,1H3,(H,18,20)(H,19,21). The topological polar surface area (TPSA) is 58.2 Å². The molecule has 0 aliphatic carbocycles. The van der Waals surface area contributed by atoms with Crippen molar-refractivity contribution in [2.45, 2.75) is 0 Å². The van der Waals surface area contributed by atoms with E-state index in [0.717, 1.165) is 0 Å². The van der Waals surface area contributed by atoms with Crippen molar-refractivity contribution in [3.8, 4) is 0 Å². The Morgan fingerprint density at radius 2 is 1.86 bits per heavy atom. The molecule has 0 bridgehead atoms. The van der Waals surface area contributed by atoms with E-state index in [-0.39, 0.29) is 11.5 Å². The molecule has 2 aromatic carbocycles. The zero-order valence-electron chi connectivity index (χ0n) is 11.1. The fourth-order valence-corrected chi connectivity index (χ4v) is 2.09. The summed E-state index contributed by atoms with van der Waals surface area (Å²) in [6.45, 7) is 0. The minimum atomic E-state index is -0.621. The normalized spacial score (nSPS) is 10.0. The van der Waals surface area contributed by atoms with Gasteiger partial charge in [0, 0.05) is 22.8 Å². The summed E-state index contributed by atoms with van der Waals surface area (Å²) in [6.07, 6.45) is 0. The Bertz CT molecular complexity index is 704. The average molecular weight is 351 g/mol. The predicted molar refractivity (Wildman–Crippen MR) is 81.9 cm³/mol. The Labute approximate surface area is 129 Å². The minimum Gasteiger partial charge on any atom is -0.355 e. The van der Waals surface area contributed by atoms with E-state index in [1.54, 1.807) is 24.3 Å². The lowest BCUT2D eigenvalue weighted by molar-refractivity contribution is 0.0961. The SMILES string of the molecule is CNC(=O)c1cccc(NC(=O)c2ccc(Br)cc2F)c1. The molecule has 0 radical (unpaired) electrons. The van der Waals surface area contributed by atoms with Gasteiger partial charge >= 0.3 is 0 Å². The van der Waals surface area contributed by atoms with E-state index in [2.05, 4.69) is 26.6 Å². The molecule has 2 amide bonds. The minimum absolute atomic E-state index is 0.0662. The van der Waals surface area contributed by atoms with Crippen LogP contribution in [0.25, 0.3) is 0 Å². The predicted octanol–water partition coefficient (Wildman–Crippen LogP) is 3.20. The van der Waals surface area contributed by atoms with Gasteiger partial charge < -0.3 is 10.6 Å². The number of hydrogen-bond acceptors (Lipinski definition) is 2. The smallest absolute Gasteiger partial charge is 0.258 e. The van der Waals surface area contributed by atoms with Crippen LogP contribution in [-0.2, 0) is 0 Å². The van der Waals surface area contributed by atoms with Crippen molar-refractivity contribution in [3.63, 3.8) is 0 Å². The van der Waals surface area contributed by atoms with Crippen molar-refractivity contribution in [2.24, 2.45) is 0 Å². The second-order valence-corrected chi connectivity index (χ2v) is 5.15. The first-order valence-corrected chi connectivity index (χ1v) is 6.89. The van der Waals surface area contributed by atoms with Crippen molar-refractivity contribution in [1.82, 2.24) is 5.32 Å². The summed E-state index contributed by atoms with van der Waals surface area (Å²) >= 11 is 3.13. The number of halogens is 2. The van der Waals surface area contributed by atoms with Crippen LogP contribution in [0, 0.1) is 5.82 Å². The number of anilines is 1. The van der Waals surface area contributed by atoms with E-state index < -0.39 is 11.7 Å². The van der Waals surface area contributed by atoms with Crippen LogP contribution < -0.4 is 10.6 Å². The first-order chi connectivity index (χ1) is 10.0. The van der Waals surface area contributed by atoms with Crippen LogP contribution in [0.1, 0.15) is 20.7 Å². The third-order valence-electron chi connectivity index (χ3n) is 2.79. The number of amides is 2. The van der Waals surface area contributed by atoms with Gasteiger partial charge in [0.1, 0.15) is 5.82 Å². The van der Waals surface area contributed by atoms with Crippen LogP contribution >= 0.6 is 15.9 Å². The molecule has 2 aromatic rings. The molecule has 21 heavy (non-hydrogen) atoms. The molecule has 0 aliphatic rings. The summed E-state index contributed by atoms with van der Waals surface area (Å²) in [6, 6.07) is 10.6. The summed E-state index contributed by atoms with van der Waals surface area (Å²) in [4.78, 5) is 23.6. The molecule has 0 saturated carbocycles. The molecule has 2 N–H and O–H groups in total. The van der Waals surface area contributed by atoms with E-state index in [4.69, 9.17) is 0 Å². The molecule has 0 heterocycles. The molecular weight excluding hydrogens is 339 g/mol. The van der Waals surface area contributed by atoms with Crippen molar-refractivity contribution < 1.29 is 14.0 Å². The van der Waals surface area contributed by atoms with Crippen molar-refractivity contribution in [1.29, 1.82) is 0 Å². The van der Waals surface area contributed by atoms with Gasteiger partial charge in [-0.05, 0) is 36.4 Å². The van der Waals surface area contributed by atoms with Crippen LogP contribution in [0.5, 0.6) is 0 Å². The summed E-state index contributed by atoms with van der Waals surface area (Å²) < 4.78 is 14.3. The average Bonchev–Trinajstić information content (AvgIpc) is 2.46. The van der Waals surface area contributed by atoms with Crippen LogP contribution in [-0.4, -0.2) is 18.9 Å². The fourth-order valence-electron chi connectivity index (χ4n) is 1.75. The lowest BCUT2D eigenvalue weighted by Crippen LogP contribution is -2.18. The van der Waals surface area contributed by atoms with Crippen molar-refractivity contribution >= 4 is 33.4 Å². The van der Waals surface area contributed by atoms with Gasteiger partial charge in [-0.25, -0.2) is 4.39 Å². The van der Waals surface area contributed by atoms with Crippen molar-refractivity contribution in [2.75, 3.05) is 12.4 Å². The summed E-state index contributed by atoms with van der Waals surface area (Å²) in [7, 11) is 1.52. The maximum Gasteiger partial charge on any atom is 0.258 e. The van der Waals surface area contributed by atoms with E-state index in [0.29, 0.717) is 15.7 Å². The van der Waals surface area contributed by atoms with E-state index in [1.807, 2.05) is 0 Å². The van der Waals surface area contributed by atoms with Gasteiger partial charge in [-0.2, -0.15) is 0 Å². The first-order valence-electron chi connectivity index (χ1n) is 6.10. The molecule has 0 atom stereocenters. The molecule has 0 spiro atoms. The van der Waals surface area contributed by atoms with Crippen molar-refractivity contribution in [3.05, 3.63) is 63.9 Å². The first kappa shape index (κ1) is 15.2. The molecule has 0 aromatic heterocycles. The number of hydrogen-bond donors (Lipinski definition) is 2. The summed E-state index contributed by atoms with van der Waals surface area (Å²) in [5.41, 5.74) is 0.763. The van der Waals surface area contributed by atoms with Crippen LogP contribution in [0.4, 0.5) is 10.1 Å². The largest absolute Gasteiger partial charge is 0.355 e. The molecule has 108 valence electrons. The molecular formula is C15H12BrFN2O2. The van der Waals surface area contributed by atoms with Gasteiger partial charge in [0.15, 0.2) is 0 Å². The highest BCUT2D eigenvalue weighted by molar-refractivity contribution is 9.10. The number of carbonyl (C=O) groups is 2. The zero-order valence-corrected chi connectivity index (χ0v) is 12.7. The maximum atomic E-state index is 13.7. The Balaban J connectivity index is 2.21. The number of benzene rings is 2. The molecule has 2 rings (SSSR count). The number of rotatable bonds is 3. The highest BCUT2D eigenvalue weighted by atomic mass is 79.9. The van der Waals surface area contributed by atoms with Crippen LogP contribution in [0.3, 0.4) is 0 Å². The Morgan fingerprint density at radius 3 is 2.52 bits per heavy atom. The maximum absolute atomic E-state index is 13.7.